The van der Waals surface area contributed by atoms with Gasteiger partial charge in [0.25, 0.3) is 5.91 Å². The summed E-state index contributed by atoms with van der Waals surface area (Å²) < 4.78 is 9.22. The van der Waals surface area contributed by atoms with E-state index in [1.54, 1.807) is 0 Å². The van der Waals surface area contributed by atoms with Crippen LogP contribution in [0.1, 0.15) is 18.7 Å². The zero-order valence-corrected chi connectivity index (χ0v) is 10.7. The van der Waals surface area contributed by atoms with Crippen molar-refractivity contribution in [2.75, 3.05) is 26.7 Å². The molecule has 1 aromatic rings. The Labute approximate surface area is 104 Å². The third kappa shape index (κ3) is 3.21. The van der Waals surface area contributed by atoms with Gasteiger partial charge in [-0.1, -0.05) is 4.49 Å². The number of rotatable bonds is 3. The minimum absolute atomic E-state index is 0.0861. The summed E-state index contributed by atoms with van der Waals surface area (Å²) >= 11 is 1.28. The van der Waals surface area contributed by atoms with Crippen LogP contribution >= 0.6 is 11.5 Å². The molecular weight excluding hydrogens is 240 g/mol. The monoisotopic (exact) mass is 256 g/mol. The lowest BCUT2D eigenvalue weighted by Gasteiger charge is -2.29. The SMILES string of the molecule is CC(NC(=O)C1CN(C)CCO1)c1csnn1. The Morgan fingerprint density at radius 1 is 1.76 bits per heavy atom. The number of ether oxygens (including phenoxy) is 1. The van der Waals surface area contributed by atoms with Gasteiger partial charge in [0.2, 0.25) is 0 Å². The van der Waals surface area contributed by atoms with E-state index in [4.69, 9.17) is 4.74 Å². The van der Waals surface area contributed by atoms with E-state index in [-0.39, 0.29) is 18.1 Å². The highest BCUT2D eigenvalue weighted by Crippen LogP contribution is 2.11. The Hall–Kier alpha value is -1.05. The maximum absolute atomic E-state index is 11.9. The molecule has 1 aliphatic heterocycles. The van der Waals surface area contributed by atoms with Crippen LogP contribution in [0, 0.1) is 0 Å². The molecular formula is C10H16N4O2S. The summed E-state index contributed by atoms with van der Waals surface area (Å²) in [5, 5.41) is 8.65. The molecule has 1 saturated heterocycles. The smallest absolute Gasteiger partial charge is 0.250 e. The normalized spacial score (nSPS) is 23.3. The first kappa shape index (κ1) is 12.4. The summed E-state index contributed by atoms with van der Waals surface area (Å²) in [5.74, 6) is -0.0861. The van der Waals surface area contributed by atoms with Crippen molar-refractivity contribution in [3.8, 4) is 0 Å². The summed E-state index contributed by atoms with van der Waals surface area (Å²) in [6, 6.07) is -0.128. The molecule has 2 atom stereocenters. The van der Waals surface area contributed by atoms with Gasteiger partial charge in [0.05, 0.1) is 18.3 Å². The Morgan fingerprint density at radius 3 is 3.24 bits per heavy atom. The second-order valence-electron chi connectivity index (χ2n) is 4.18. The molecule has 1 N–H and O–H groups in total. The highest BCUT2D eigenvalue weighted by Gasteiger charge is 2.26. The first-order valence-corrected chi connectivity index (χ1v) is 6.38. The van der Waals surface area contributed by atoms with Gasteiger partial charge in [0.1, 0.15) is 6.10 Å². The quantitative estimate of drug-likeness (QED) is 0.827. The van der Waals surface area contributed by atoms with Crippen LogP contribution in [0.5, 0.6) is 0 Å². The molecule has 0 aliphatic carbocycles. The standard InChI is InChI=1S/C10H16N4O2S/c1-7(8-6-17-13-12-8)11-10(15)9-5-14(2)3-4-16-9/h6-7,9H,3-5H2,1-2H3,(H,11,15). The largest absolute Gasteiger partial charge is 0.366 e. The summed E-state index contributed by atoms with van der Waals surface area (Å²) in [6.07, 6.45) is -0.386. The first-order chi connectivity index (χ1) is 8.16. The van der Waals surface area contributed by atoms with Crippen LogP contribution in [0.4, 0.5) is 0 Å². The highest BCUT2D eigenvalue weighted by molar-refractivity contribution is 7.03. The Kier molecular flexibility index (Phi) is 4.03. The van der Waals surface area contributed by atoms with E-state index in [1.807, 2.05) is 19.4 Å². The van der Waals surface area contributed by atoms with Crippen molar-refractivity contribution >= 4 is 17.4 Å². The predicted molar refractivity (Wildman–Crippen MR) is 63.7 cm³/mol. The number of hydrogen-bond acceptors (Lipinski definition) is 6. The molecule has 6 nitrogen and oxygen atoms in total. The number of likely N-dealkylation sites (N-methyl/N-ethyl adjacent to an activating group) is 1. The number of amides is 1. The van der Waals surface area contributed by atoms with Crippen LogP contribution in [-0.4, -0.2) is 53.2 Å². The molecule has 2 rings (SSSR count). The molecule has 0 spiro atoms. The summed E-state index contributed by atoms with van der Waals surface area (Å²) in [5.41, 5.74) is 0.785. The molecule has 1 aromatic heterocycles. The van der Waals surface area contributed by atoms with E-state index >= 15 is 0 Å². The Bertz CT molecular complexity index is 370. The minimum atomic E-state index is -0.386. The van der Waals surface area contributed by atoms with Crippen molar-refractivity contribution in [2.45, 2.75) is 19.1 Å². The molecule has 17 heavy (non-hydrogen) atoms. The van der Waals surface area contributed by atoms with Crippen LogP contribution in [0.3, 0.4) is 0 Å². The Balaban J connectivity index is 1.88. The molecule has 0 saturated carbocycles. The number of hydrogen-bond donors (Lipinski definition) is 1. The lowest BCUT2D eigenvalue weighted by Crippen LogP contribution is -2.48. The molecule has 94 valence electrons. The van der Waals surface area contributed by atoms with Gasteiger partial charge < -0.3 is 15.0 Å². The lowest BCUT2D eigenvalue weighted by molar-refractivity contribution is -0.138. The zero-order valence-electron chi connectivity index (χ0n) is 9.92. The molecule has 7 heteroatoms. The van der Waals surface area contributed by atoms with Gasteiger partial charge in [-0.05, 0) is 25.5 Å². The fourth-order valence-electron chi connectivity index (χ4n) is 1.68. The van der Waals surface area contributed by atoms with E-state index in [0.717, 1.165) is 12.2 Å². The van der Waals surface area contributed by atoms with Crippen molar-refractivity contribution in [2.24, 2.45) is 0 Å². The van der Waals surface area contributed by atoms with Crippen molar-refractivity contribution in [1.82, 2.24) is 19.8 Å². The third-order valence-corrected chi connectivity index (χ3v) is 3.26. The lowest BCUT2D eigenvalue weighted by atomic mass is 10.2. The van der Waals surface area contributed by atoms with Crippen molar-refractivity contribution in [1.29, 1.82) is 0 Å². The number of nitrogens with zero attached hydrogens (tertiary/aromatic N) is 3. The second-order valence-corrected chi connectivity index (χ2v) is 4.79. The van der Waals surface area contributed by atoms with Gasteiger partial charge in [-0.3, -0.25) is 4.79 Å². The van der Waals surface area contributed by atoms with Crippen LogP contribution < -0.4 is 5.32 Å². The van der Waals surface area contributed by atoms with E-state index in [0.29, 0.717) is 13.2 Å². The van der Waals surface area contributed by atoms with Crippen molar-refractivity contribution in [3.05, 3.63) is 11.1 Å². The van der Waals surface area contributed by atoms with Gasteiger partial charge >= 0.3 is 0 Å². The predicted octanol–water partition coefficient (Wildman–Crippen LogP) is 0.0459. The molecule has 0 radical (unpaired) electrons. The van der Waals surface area contributed by atoms with Crippen LogP contribution in [0.25, 0.3) is 0 Å². The van der Waals surface area contributed by atoms with Gasteiger partial charge in [-0.2, -0.15) is 0 Å². The highest BCUT2D eigenvalue weighted by atomic mass is 32.1. The number of nitrogens with one attached hydrogen (secondary N) is 1. The van der Waals surface area contributed by atoms with E-state index in [9.17, 15) is 4.79 Å². The van der Waals surface area contributed by atoms with Crippen molar-refractivity contribution in [3.63, 3.8) is 0 Å². The molecule has 0 bridgehead atoms. The van der Waals surface area contributed by atoms with Gasteiger partial charge in [-0.25, -0.2) is 0 Å². The fraction of sp³-hybridized carbons (Fsp3) is 0.700. The van der Waals surface area contributed by atoms with Crippen LogP contribution in [0.15, 0.2) is 5.38 Å². The fourth-order valence-corrected chi connectivity index (χ4v) is 2.23. The zero-order chi connectivity index (χ0) is 12.3. The van der Waals surface area contributed by atoms with Crippen LogP contribution in [-0.2, 0) is 9.53 Å². The Morgan fingerprint density at radius 2 is 2.59 bits per heavy atom. The molecule has 1 fully saturated rings. The van der Waals surface area contributed by atoms with E-state index in [2.05, 4.69) is 19.8 Å². The molecule has 0 aromatic carbocycles. The second kappa shape index (κ2) is 5.52. The number of carbonyl (C=O) groups excluding carboxylic acids is 1. The summed E-state index contributed by atoms with van der Waals surface area (Å²) in [4.78, 5) is 14.0. The number of aromatic nitrogens is 2. The van der Waals surface area contributed by atoms with E-state index < -0.39 is 0 Å². The molecule has 1 amide bonds. The van der Waals surface area contributed by atoms with Gasteiger partial charge in [-0.15, -0.1) is 5.10 Å². The average Bonchev–Trinajstić information content (AvgIpc) is 2.82. The number of morpholine rings is 1. The van der Waals surface area contributed by atoms with Gasteiger partial charge in [0, 0.05) is 18.5 Å². The average molecular weight is 256 g/mol. The molecule has 2 unspecified atom stereocenters. The summed E-state index contributed by atoms with van der Waals surface area (Å²) in [7, 11) is 1.98. The first-order valence-electron chi connectivity index (χ1n) is 5.54. The molecule has 1 aliphatic rings. The maximum atomic E-state index is 11.9. The third-order valence-electron chi connectivity index (χ3n) is 2.74. The topological polar surface area (TPSA) is 67.4 Å². The van der Waals surface area contributed by atoms with Crippen LogP contribution in [0.2, 0.25) is 0 Å². The maximum Gasteiger partial charge on any atom is 0.250 e. The minimum Gasteiger partial charge on any atom is -0.366 e. The molecule has 2 heterocycles. The summed E-state index contributed by atoms with van der Waals surface area (Å²) in [6.45, 7) is 3.99. The van der Waals surface area contributed by atoms with Gasteiger partial charge in [0.15, 0.2) is 0 Å². The van der Waals surface area contributed by atoms with E-state index in [1.165, 1.54) is 11.5 Å². The van der Waals surface area contributed by atoms with Crippen molar-refractivity contribution < 1.29 is 9.53 Å². The number of carbonyl (C=O) groups is 1.